The van der Waals surface area contributed by atoms with E-state index in [1.807, 2.05) is 0 Å². The highest BCUT2D eigenvalue weighted by Gasteiger charge is 2.26. The fourth-order valence-electron chi connectivity index (χ4n) is 2.86. The third kappa shape index (κ3) is 2.77. The van der Waals surface area contributed by atoms with Gasteiger partial charge in [-0.15, -0.1) is 0 Å². The Kier molecular flexibility index (Phi) is 3.86. The summed E-state index contributed by atoms with van der Waals surface area (Å²) < 4.78 is 0. The molecule has 3 rings (SSSR count). The molecule has 1 saturated heterocycles. The van der Waals surface area contributed by atoms with Gasteiger partial charge in [0.05, 0.1) is 12.1 Å². The van der Waals surface area contributed by atoms with Gasteiger partial charge >= 0.3 is 0 Å². The van der Waals surface area contributed by atoms with Crippen LogP contribution in [0.25, 0.3) is 0 Å². The molecule has 0 aliphatic carbocycles. The van der Waals surface area contributed by atoms with E-state index in [1.165, 1.54) is 22.3 Å². The first kappa shape index (κ1) is 13.3. The first-order chi connectivity index (χ1) is 9.74. The summed E-state index contributed by atoms with van der Waals surface area (Å²) in [6, 6.07) is 18.4. The largest absolute Gasteiger partial charge is 0.307 e. The first-order valence-corrected chi connectivity index (χ1v) is 7.34. The van der Waals surface area contributed by atoms with Crippen LogP contribution in [0.2, 0.25) is 0 Å². The summed E-state index contributed by atoms with van der Waals surface area (Å²) in [6.07, 6.45) is 0. The van der Waals surface area contributed by atoms with Gasteiger partial charge in [0, 0.05) is 13.1 Å². The Hall–Kier alpha value is -1.64. The number of rotatable bonds is 2. The maximum absolute atomic E-state index is 3.66. The average molecular weight is 266 g/mol. The van der Waals surface area contributed by atoms with Crippen molar-refractivity contribution in [3.63, 3.8) is 0 Å². The van der Waals surface area contributed by atoms with Gasteiger partial charge in [-0.1, -0.05) is 59.7 Å². The monoisotopic (exact) mass is 266 g/mol. The van der Waals surface area contributed by atoms with Crippen LogP contribution < -0.4 is 10.6 Å². The Balaban J connectivity index is 1.90. The van der Waals surface area contributed by atoms with E-state index in [0.717, 1.165) is 13.1 Å². The van der Waals surface area contributed by atoms with Crippen LogP contribution in [0.15, 0.2) is 48.5 Å². The maximum Gasteiger partial charge on any atom is 0.0518 e. The van der Waals surface area contributed by atoms with Gasteiger partial charge in [-0.3, -0.25) is 0 Å². The fourth-order valence-corrected chi connectivity index (χ4v) is 2.86. The molecule has 0 radical (unpaired) electrons. The second kappa shape index (κ2) is 5.78. The lowest BCUT2D eigenvalue weighted by Gasteiger charge is -2.34. The van der Waals surface area contributed by atoms with Crippen molar-refractivity contribution in [3.05, 3.63) is 70.8 Å². The molecule has 1 heterocycles. The smallest absolute Gasteiger partial charge is 0.0518 e. The number of aryl methyl sites for hydroxylation is 2. The highest BCUT2D eigenvalue weighted by molar-refractivity contribution is 5.31. The molecular formula is C18H22N2. The van der Waals surface area contributed by atoms with E-state index in [2.05, 4.69) is 73.0 Å². The van der Waals surface area contributed by atoms with Crippen LogP contribution in [0.5, 0.6) is 0 Å². The van der Waals surface area contributed by atoms with E-state index in [9.17, 15) is 0 Å². The van der Waals surface area contributed by atoms with Crippen LogP contribution >= 0.6 is 0 Å². The Labute approximate surface area is 121 Å². The van der Waals surface area contributed by atoms with Gasteiger partial charge in [0.15, 0.2) is 0 Å². The molecule has 0 amide bonds. The molecule has 20 heavy (non-hydrogen) atoms. The van der Waals surface area contributed by atoms with Gasteiger partial charge in [-0.2, -0.15) is 0 Å². The molecular weight excluding hydrogens is 244 g/mol. The van der Waals surface area contributed by atoms with Crippen molar-refractivity contribution < 1.29 is 0 Å². The summed E-state index contributed by atoms with van der Waals surface area (Å²) in [5, 5.41) is 7.31. The lowest BCUT2D eigenvalue weighted by molar-refractivity contribution is 0.333. The molecule has 2 aromatic carbocycles. The van der Waals surface area contributed by atoms with E-state index in [-0.39, 0.29) is 0 Å². The number of hydrogen-bond donors (Lipinski definition) is 2. The molecule has 2 N–H and O–H groups in total. The van der Waals surface area contributed by atoms with Crippen molar-refractivity contribution in [1.29, 1.82) is 0 Å². The van der Waals surface area contributed by atoms with E-state index >= 15 is 0 Å². The van der Waals surface area contributed by atoms with Crippen molar-refractivity contribution in [2.45, 2.75) is 25.9 Å². The minimum Gasteiger partial charge on any atom is -0.307 e. The number of nitrogens with one attached hydrogen (secondary N) is 2. The summed E-state index contributed by atoms with van der Waals surface area (Å²) >= 11 is 0. The van der Waals surface area contributed by atoms with Gasteiger partial charge in [0.25, 0.3) is 0 Å². The number of piperazine rings is 1. The second-order valence-electron chi connectivity index (χ2n) is 5.68. The van der Waals surface area contributed by atoms with E-state index in [0.29, 0.717) is 12.1 Å². The predicted octanol–water partition coefficient (Wildman–Crippen LogP) is 3.28. The minimum atomic E-state index is 0.340. The lowest BCUT2D eigenvalue weighted by atomic mass is 9.91. The standard InChI is InChI=1S/C18H22N2/c1-13-3-7-15(8-4-13)17-18(20-12-11-19-17)16-9-5-14(2)6-10-16/h3-10,17-20H,11-12H2,1-2H3/t17-,18-/m1/s1. The van der Waals surface area contributed by atoms with Crippen LogP contribution in [0.3, 0.4) is 0 Å². The van der Waals surface area contributed by atoms with Crippen molar-refractivity contribution in [1.82, 2.24) is 10.6 Å². The Morgan fingerprint density at radius 2 is 1.00 bits per heavy atom. The number of hydrogen-bond acceptors (Lipinski definition) is 2. The van der Waals surface area contributed by atoms with E-state index in [1.54, 1.807) is 0 Å². The first-order valence-electron chi connectivity index (χ1n) is 7.34. The molecule has 0 unspecified atom stereocenters. The van der Waals surface area contributed by atoms with Gasteiger partial charge in [0.2, 0.25) is 0 Å². The third-order valence-electron chi connectivity index (χ3n) is 4.06. The predicted molar refractivity (Wildman–Crippen MR) is 83.8 cm³/mol. The molecule has 2 atom stereocenters. The van der Waals surface area contributed by atoms with Crippen molar-refractivity contribution in [3.8, 4) is 0 Å². The Morgan fingerprint density at radius 3 is 1.35 bits per heavy atom. The van der Waals surface area contributed by atoms with Gasteiger partial charge in [0.1, 0.15) is 0 Å². The van der Waals surface area contributed by atoms with Crippen LogP contribution in [-0.4, -0.2) is 13.1 Å². The molecule has 104 valence electrons. The van der Waals surface area contributed by atoms with Crippen molar-refractivity contribution >= 4 is 0 Å². The van der Waals surface area contributed by atoms with Crippen LogP contribution in [-0.2, 0) is 0 Å². The zero-order chi connectivity index (χ0) is 13.9. The zero-order valence-electron chi connectivity index (χ0n) is 12.2. The van der Waals surface area contributed by atoms with Crippen LogP contribution in [0.4, 0.5) is 0 Å². The lowest BCUT2D eigenvalue weighted by Crippen LogP contribution is -2.45. The molecule has 0 bridgehead atoms. The Bertz CT molecular complexity index is 503. The quantitative estimate of drug-likeness (QED) is 0.871. The molecule has 2 aromatic rings. The maximum atomic E-state index is 3.66. The van der Waals surface area contributed by atoms with Gasteiger partial charge in [-0.05, 0) is 25.0 Å². The highest BCUT2D eigenvalue weighted by Crippen LogP contribution is 2.30. The molecule has 2 heteroatoms. The number of benzene rings is 2. The molecule has 0 spiro atoms. The van der Waals surface area contributed by atoms with Crippen LogP contribution in [0, 0.1) is 13.8 Å². The van der Waals surface area contributed by atoms with Gasteiger partial charge < -0.3 is 10.6 Å². The van der Waals surface area contributed by atoms with E-state index in [4.69, 9.17) is 0 Å². The summed E-state index contributed by atoms with van der Waals surface area (Å²) in [6.45, 7) is 6.30. The summed E-state index contributed by atoms with van der Waals surface area (Å²) in [7, 11) is 0. The topological polar surface area (TPSA) is 24.1 Å². The minimum absolute atomic E-state index is 0.340. The highest BCUT2D eigenvalue weighted by atomic mass is 15.1. The van der Waals surface area contributed by atoms with Crippen LogP contribution in [0.1, 0.15) is 34.3 Å². The molecule has 0 saturated carbocycles. The SMILES string of the molecule is Cc1ccc([C@H]2NCCN[C@@H]2c2ccc(C)cc2)cc1. The zero-order valence-corrected chi connectivity index (χ0v) is 12.2. The average Bonchev–Trinajstić information content (AvgIpc) is 2.49. The Morgan fingerprint density at radius 1 is 0.650 bits per heavy atom. The molecule has 1 fully saturated rings. The normalized spacial score (nSPS) is 22.7. The second-order valence-corrected chi connectivity index (χ2v) is 5.68. The van der Waals surface area contributed by atoms with Crippen molar-refractivity contribution in [2.24, 2.45) is 0 Å². The molecule has 1 aliphatic rings. The molecule has 2 nitrogen and oxygen atoms in total. The van der Waals surface area contributed by atoms with E-state index < -0.39 is 0 Å². The summed E-state index contributed by atoms with van der Waals surface area (Å²) in [5.74, 6) is 0. The fraction of sp³-hybridized carbons (Fsp3) is 0.333. The van der Waals surface area contributed by atoms with Crippen molar-refractivity contribution in [2.75, 3.05) is 13.1 Å². The molecule has 1 aliphatic heterocycles. The summed E-state index contributed by atoms with van der Waals surface area (Å²) in [5.41, 5.74) is 5.33. The van der Waals surface area contributed by atoms with Gasteiger partial charge in [-0.25, -0.2) is 0 Å². The third-order valence-corrected chi connectivity index (χ3v) is 4.06. The summed E-state index contributed by atoms with van der Waals surface area (Å²) in [4.78, 5) is 0. The molecule has 0 aromatic heterocycles.